The minimum Gasteiger partial charge on any atom is -0.492 e. The van der Waals surface area contributed by atoms with Crippen LogP contribution in [-0.2, 0) is 14.3 Å². The topological polar surface area (TPSA) is 109 Å². The summed E-state index contributed by atoms with van der Waals surface area (Å²) in [5, 5.41) is 7.50. The zero-order valence-electron chi connectivity index (χ0n) is 21.5. The molecule has 0 aliphatic carbocycles. The summed E-state index contributed by atoms with van der Waals surface area (Å²) in [5.74, 6) is -0.310. The van der Waals surface area contributed by atoms with Crippen LogP contribution in [0.3, 0.4) is 0 Å². The second kappa shape index (κ2) is 11.9. The summed E-state index contributed by atoms with van der Waals surface area (Å²) in [7, 11) is 2.13. The van der Waals surface area contributed by atoms with Crippen LogP contribution in [0, 0.1) is 0 Å². The van der Waals surface area contributed by atoms with Gasteiger partial charge < -0.3 is 19.7 Å². The van der Waals surface area contributed by atoms with E-state index >= 15 is 0 Å². The van der Waals surface area contributed by atoms with E-state index in [0.29, 0.717) is 28.8 Å². The van der Waals surface area contributed by atoms with Crippen LogP contribution in [-0.4, -0.2) is 102 Å². The third-order valence-electron chi connectivity index (χ3n) is 6.71. The maximum atomic E-state index is 13.4. The Kier molecular flexibility index (Phi) is 8.10. The summed E-state index contributed by atoms with van der Waals surface area (Å²) in [6.07, 6.45) is -1.20. The molecule has 0 spiro atoms. The van der Waals surface area contributed by atoms with Gasteiger partial charge in [0.2, 0.25) is 5.91 Å². The summed E-state index contributed by atoms with van der Waals surface area (Å²) in [5.41, 5.74) is 2.11. The highest BCUT2D eigenvalue weighted by Gasteiger charge is 2.36. The number of likely N-dealkylation sites (N-methyl/N-ethyl adjacent to an activating group) is 1. The lowest BCUT2D eigenvalue weighted by Gasteiger charge is -2.32. The molecule has 3 heterocycles. The number of halogens is 1. The predicted molar refractivity (Wildman–Crippen MR) is 144 cm³/mol. The number of piperazine rings is 1. The number of nitrogens with one attached hydrogen (secondary N) is 1. The highest BCUT2D eigenvalue weighted by molar-refractivity contribution is 6.30. The zero-order valence-corrected chi connectivity index (χ0v) is 22.2. The fourth-order valence-electron chi connectivity index (χ4n) is 4.59. The van der Waals surface area contributed by atoms with Gasteiger partial charge in [-0.3, -0.25) is 24.2 Å². The van der Waals surface area contributed by atoms with E-state index in [9.17, 15) is 14.4 Å². The lowest BCUT2D eigenvalue weighted by Crippen LogP contribution is -2.45. The molecule has 1 atom stereocenters. The molecule has 1 aromatic heterocycles. The maximum Gasteiger partial charge on any atom is 0.296 e. The number of rotatable bonds is 9. The number of hydrogen-bond acceptors (Lipinski definition) is 8. The van der Waals surface area contributed by atoms with E-state index in [1.54, 1.807) is 28.9 Å². The van der Waals surface area contributed by atoms with Crippen molar-refractivity contribution in [3.63, 3.8) is 0 Å². The largest absolute Gasteiger partial charge is 0.492 e. The Labute approximate surface area is 230 Å². The van der Waals surface area contributed by atoms with Crippen molar-refractivity contribution in [3.05, 3.63) is 65.3 Å². The van der Waals surface area contributed by atoms with Gasteiger partial charge in [-0.1, -0.05) is 29.8 Å². The Bertz CT molecular complexity index is 1360. The molecule has 3 aromatic rings. The SMILES string of the molecule is CN1CCN(CCOc2cccc(-c3cc(C(=O)N4CC(=O)NC4OC=O)nn3-c3cccc(Cl)c3)c2)CC1. The van der Waals surface area contributed by atoms with Crippen molar-refractivity contribution in [2.75, 3.05) is 52.9 Å². The molecule has 2 aliphatic heterocycles. The first-order chi connectivity index (χ1) is 18.9. The molecule has 0 radical (unpaired) electrons. The Balaban J connectivity index is 1.41. The molecule has 39 heavy (non-hydrogen) atoms. The maximum absolute atomic E-state index is 13.4. The van der Waals surface area contributed by atoms with Crippen molar-refractivity contribution in [3.8, 4) is 22.7 Å². The van der Waals surface area contributed by atoms with Gasteiger partial charge in [-0.25, -0.2) is 4.68 Å². The first-order valence-electron chi connectivity index (χ1n) is 12.6. The normalized spacial score (nSPS) is 18.2. The van der Waals surface area contributed by atoms with Gasteiger partial charge in [0.25, 0.3) is 18.7 Å². The monoisotopic (exact) mass is 552 g/mol. The molecule has 11 nitrogen and oxygen atoms in total. The molecule has 2 saturated heterocycles. The van der Waals surface area contributed by atoms with E-state index in [1.165, 1.54) is 0 Å². The number of hydrogen-bond donors (Lipinski definition) is 1. The Morgan fingerprint density at radius 1 is 1.13 bits per heavy atom. The smallest absolute Gasteiger partial charge is 0.296 e. The van der Waals surface area contributed by atoms with E-state index in [4.69, 9.17) is 21.1 Å². The zero-order chi connectivity index (χ0) is 27.4. The van der Waals surface area contributed by atoms with Crippen molar-refractivity contribution in [2.45, 2.75) is 6.35 Å². The fourth-order valence-corrected chi connectivity index (χ4v) is 4.77. The first-order valence-corrected chi connectivity index (χ1v) is 13.0. The average molecular weight is 553 g/mol. The van der Waals surface area contributed by atoms with Crippen molar-refractivity contribution in [2.24, 2.45) is 0 Å². The second-order valence-corrected chi connectivity index (χ2v) is 9.85. The Hall–Kier alpha value is -3.93. The fraction of sp³-hybridized carbons (Fsp3) is 0.333. The molecular formula is C27H29ClN6O5. The highest BCUT2D eigenvalue weighted by Crippen LogP contribution is 2.29. The summed E-state index contributed by atoms with van der Waals surface area (Å²) in [6.45, 7) is 5.46. The summed E-state index contributed by atoms with van der Waals surface area (Å²) in [6, 6.07) is 16.3. The van der Waals surface area contributed by atoms with Crippen molar-refractivity contribution >= 4 is 29.9 Å². The van der Waals surface area contributed by atoms with Gasteiger partial charge in [0.05, 0.1) is 11.4 Å². The van der Waals surface area contributed by atoms with Crippen LogP contribution in [0.15, 0.2) is 54.6 Å². The van der Waals surface area contributed by atoms with Crippen LogP contribution in [0.5, 0.6) is 5.75 Å². The molecule has 0 saturated carbocycles. The average Bonchev–Trinajstić information content (AvgIpc) is 3.54. The third-order valence-corrected chi connectivity index (χ3v) is 6.95. The van der Waals surface area contributed by atoms with Crippen LogP contribution < -0.4 is 10.1 Å². The van der Waals surface area contributed by atoms with Crippen LogP contribution in [0.1, 0.15) is 10.5 Å². The standard InChI is InChI=1S/C27H29ClN6O5/c1-31-8-10-32(11-9-31)12-13-38-22-7-2-4-19(14-22)24-16-23(30-34(24)21-6-3-5-20(28)15-21)26(37)33-17-25(36)29-27(33)39-18-35/h2-7,14-16,18,27H,8-13,17H2,1H3,(H,29,36). The van der Waals surface area contributed by atoms with E-state index in [1.807, 2.05) is 30.3 Å². The Morgan fingerprint density at radius 3 is 2.69 bits per heavy atom. The van der Waals surface area contributed by atoms with Gasteiger partial charge in [-0.2, -0.15) is 5.10 Å². The number of benzene rings is 2. The van der Waals surface area contributed by atoms with Gasteiger partial charge in [-0.05, 0) is 43.4 Å². The molecule has 12 heteroatoms. The lowest BCUT2D eigenvalue weighted by molar-refractivity contribution is -0.140. The van der Waals surface area contributed by atoms with Crippen molar-refractivity contribution < 1.29 is 23.9 Å². The third kappa shape index (κ3) is 6.22. The number of carbonyl (C=O) groups excluding carboxylic acids is 3. The van der Waals surface area contributed by atoms with Gasteiger partial charge >= 0.3 is 0 Å². The van der Waals surface area contributed by atoms with E-state index in [0.717, 1.165) is 43.2 Å². The molecule has 1 N–H and O–H groups in total. The molecule has 204 valence electrons. The number of ether oxygens (including phenoxy) is 2. The van der Waals surface area contributed by atoms with Crippen molar-refractivity contribution in [1.29, 1.82) is 0 Å². The van der Waals surface area contributed by atoms with E-state index < -0.39 is 18.2 Å². The van der Waals surface area contributed by atoms with Gasteiger partial charge in [0.1, 0.15) is 18.9 Å². The minimum atomic E-state index is -1.20. The number of carbonyl (C=O) groups is 3. The van der Waals surface area contributed by atoms with Crippen LogP contribution in [0.2, 0.25) is 5.02 Å². The number of aromatic nitrogens is 2. The molecule has 2 amide bonds. The second-order valence-electron chi connectivity index (χ2n) is 9.41. The Morgan fingerprint density at radius 2 is 1.92 bits per heavy atom. The summed E-state index contributed by atoms with van der Waals surface area (Å²) >= 11 is 6.25. The molecule has 5 rings (SSSR count). The molecular weight excluding hydrogens is 524 g/mol. The van der Waals surface area contributed by atoms with Gasteiger partial charge in [0.15, 0.2) is 5.69 Å². The quantitative estimate of drug-likeness (QED) is 0.401. The van der Waals surface area contributed by atoms with Crippen molar-refractivity contribution in [1.82, 2.24) is 29.8 Å². The molecule has 1 unspecified atom stereocenters. The molecule has 0 bridgehead atoms. The van der Waals surface area contributed by atoms with Gasteiger partial charge in [0, 0.05) is 43.3 Å². The molecule has 2 aliphatic rings. The molecule has 2 aromatic carbocycles. The number of amides is 2. The highest BCUT2D eigenvalue weighted by atomic mass is 35.5. The van der Waals surface area contributed by atoms with Crippen LogP contribution >= 0.6 is 11.6 Å². The predicted octanol–water partition coefficient (Wildman–Crippen LogP) is 1.85. The summed E-state index contributed by atoms with van der Waals surface area (Å²) < 4.78 is 12.6. The minimum absolute atomic E-state index is 0.0716. The lowest BCUT2D eigenvalue weighted by atomic mass is 10.1. The molecule has 2 fully saturated rings. The first kappa shape index (κ1) is 26.7. The van der Waals surface area contributed by atoms with Crippen LogP contribution in [0.25, 0.3) is 16.9 Å². The van der Waals surface area contributed by atoms with Crippen LogP contribution in [0.4, 0.5) is 0 Å². The van der Waals surface area contributed by atoms with E-state index in [-0.39, 0.29) is 18.7 Å². The van der Waals surface area contributed by atoms with Gasteiger partial charge in [-0.15, -0.1) is 0 Å². The number of nitrogens with zero attached hydrogens (tertiary/aromatic N) is 5. The summed E-state index contributed by atoms with van der Waals surface area (Å²) in [4.78, 5) is 42.0. The van der Waals surface area contributed by atoms with E-state index in [2.05, 4.69) is 27.3 Å².